The van der Waals surface area contributed by atoms with E-state index in [4.69, 9.17) is 23.7 Å². The van der Waals surface area contributed by atoms with Crippen molar-refractivity contribution in [1.82, 2.24) is 14.7 Å². The molecule has 0 aromatic heterocycles. The first-order valence-corrected chi connectivity index (χ1v) is 18.3. The molecule has 2 aromatic carbocycles. The van der Waals surface area contributed by atoms with Crippen LogP contribution >= 0.6 is 0 Å². The molecule has 1 unspecified atom stereocenters. The molecule has 51 heavy (non-hydrogen) atoms. The van der Waals surface area contributed by atoms with E-state index in [0.29, 0.717) is 68.7 Å². The quantitative estimate of drug-likeness (QED) is 0.157. The summed E-state index contributed by atoms with van der Waals surface area (Å²) >= 11 is 0. The van der Waals surface area contributed by atoms with Crippen LogP contribution in [0.2, 0.25) is 0 Å². The maximum absolute atomic E-state index is 14.3. The molecule has 0 spiro atoms. The van der Waals surface area contributed by atoms with E-state index in [0.717, 1.165) is 18.4 Å². The van der Waals surface area contributed by atoms with Crippen LogP contribution in [-0.2, 0) is 20.6 Å². The van der Waals surface area contributed by atoms with E-state index in [1.165, 1.54) is 0 Å². The van der Waals surface area contributed by atoms with Gasteiger partial charge in [-0.2, -0.15) is 0 Å². The molecular weight excluding hydrogens is 650 g/mol. The molecule has 2 atom stereocenters. The molecule has 1 aliphatic heterocycles. The predicted octanol–water partition coefficient (Wildman–Crippen LogP) is 7.31. The highest BCUT2D eigenvalue weighted by atomic mass is 16.6. The van der Waals surface area contributed by atoms with E-state index in [2.05, 4.69) is 26.0 Å². The zero-order chi connectivity index (χ0) is 37.6. The lowest BCUT2D eigenvalue weighted by Crippen LogP contribution is -2.57. The van der Waals surface area contributed by atoms with Crippen molar-refractivity contribution in [2.75, 3.05) is 60.2 Å². The zero-order valence-electron chi connectivity index (χ0n) is 32.3. The van der Waals surface area contributed by atoms with Gasteiger partial charge < -0.3 is 38.4 Å². The molecule has 0 aliphatic carbocycles. The van der Waals surface area contributed by atoms with E-state index in [-0.39, 0.29) is 43.2 Å². The van der Waals surface area contributed by atoms with Crippen LogP contribution in [0.5, 0.6) is 11.5 Å². The van der Waals surface area contributed by atoms with Gasteiger partial charge in [-0.15, -0.1) is 0 Å². The van der Waals surface area contributed by atoms with Crippen molar-refractivity contribution >= 4 is 18.1 Å². The van der Waals surface area contributed by atoms with E-state index in [1.54, 1.807) is 42.2 Å². The highest BCUT2D eigenvalue weighted by Crippen LogP contribution is 2.31. The lowest BCUT2D eigenvalue weighted by molar-refractivity contribution is -0.00968. The van der Waals surface area contributed by atoms with Gasteiger partial charge in [-0.1, -0.05) is 44.2 Å². The molecule has 3 rings (SSSR count). The van der Waals surface area contributed by atoms with E-state index < -0.39 is 11.7 Å². The Morgan fingerprint density at radius 2 is 1.65 bits per heavy atom. The number of hydrogen-bond acceptors (Lipinski definition) is 8. The van der Waals surface area contributed by atoms with Crippen LogP contribution in [0, 0.1) is 11.8 Å². The second-order valence-electron chi connectivity index (χ2n) is 15.0. The first-order chi connectivity index (χ1) is 24.2. The van der Waals surface area contributed by atoms with Crippen molar-refractivity contribution in [3.63, 3.8) is 0 Å². The van der Waals surface area contributed by atoms with Gasteiger partial charge in [0.15, 0.2) is 11.5 Å². The maximum Gasteiger partial charge on any atom is 0.410 e. The Kier molecular flexibility index (Phi) is 16.4. The maximum atomic E-state index is 14.3. The number of benzene rings is 2. The molecule has 0 N–H and O–H groups in total. The Hall–Kier alpha value is -3.99. The Bertz CT molecular complexity index is 1380. The zero-order valence-corrected chi connectivity index (χ0v) is 32.3. The van der Waals surface area contributed by atoms with Gasteiger partial charge >= 0.3 is 12.2 Å². The van der Waals surface area contributed by atoms with Crippen molar-refractivity contribution in [2.24, 2.45) is 11.8 Å². The van der Waals surface area contributed by atoms with Gasteiger partial charge in [-0.05, 0) is 83.6 Å². The third kappa shape index (κ3) is 13.6. The molecule has 1 fully saturated rings. The van der Waals surface area contributed by atoms with Crippen LogP contribution in [0.3, 0.4) is 0 Å². The summed E-state index contributed by atoms with van der Waals surface area (Å²) in [4.78, 5) is 46.5. The number of likely N-dealkylation sites (tertiary alicyclic amines) is 1. The Morgan fingerprint density at radius 3 is 2.27 bits per heavy atom. The molecular formula is C40H61N3O8. The summed E-state index contributed by atoms with van der Waals surface area (Å²) in [6, 6.07) is 14.7. The summed E-state index contributed by atoms with van der Waals surface area (Å²) in [5.74, 6) is 1.03. The summed E-state index contributed by atoms with van der Waals surface area (Å²) in [5, 5.41) is 0. The van der Waals surface area contributed by atoms with Crippen LogP contribution in [-0.4, -0.2) is 111 Å². The van der Waals surface area contributed by atoms with Crippen LogP contribution < -0.4 is 9.47 Å². The molecule has 2 aromatic rings. The fraction of sp³-hybridized carbons (Fsp3) is 0.625. The third-order valence-electron chi connectivity index (χ3n) is 8.70. The molecule has 0 saturated carbocycles. The summed E-state index contributed by atoms with van der Waals surface area (Å²) in [5.41, 5.74) is 0.906. The molecule has 284 valence electrons. The highest BCUT2D eigenvalue weighted by molar-refractivity contribution is 5.95. The fourth-order valence-electron chi connectivity index (χ4n) is 6.15. The van der Waals surface area contributed by atoms with Gasteiger partial charge in [-0.3, -0.25) is 4.79 Å². The molecule has 3 amide bonds. The first kappa shape index (κ1) is 41.4. The number of rotatable bonds is 17. The fourth-order valence-corrected chi connectivity index (χ4v) is 6.15. The standard InChI is InChI=1S/C40H61N3O8/c1-29(2)18-20-41(21-19-31-14-11-10-12-15-31)38(45)50-28-32-24-34(27-42(26-32)39(46)51-40(5,6)7)43(30(3)4)37(44)33-16-17-35(48-9)36(25-33)49-23-13-22-47-8/h10-12,14-17,25,29-30,32,34H,13,18-24,26-28H2,1-9H3/t32-,34?/m0/s1. The molecule has 0 bridgehead atoms. The largest absolute Gasteiger partial charge is 0.493 e. The van der Waals surface area contributed by atoms with Gasteiger partial charge in [0.05, 0.1) is 26.4 Å². The minimum Gasteiger partial charge on any atom is -0.493 e. The van der Waals surface area contributed by atoms with Gasteiger partial charge in [-0.25, -0.2) is 9.59 Å². The van der Waals surface area contributed by atoms with E-state index >= 15 is 0 Å². The minimum atomic E-state index is -0.696. The van der Waals surface area contributed by atoms with Crippen LogP contribution in [0.15, 0.2) is 48.5 Å². The smallest absolute Gasteiger partial charge is 0.410 e. The SMILES string of the molecule is COCCCOc1cc(C(=O)N(C(C)C)C2C[C@H](COC(=O)N(CCc3ccccc3)CCC(C)C)CN(C(=O)OC(C)(C)C)C2)ccc1OC. The lowest BCUT2D eigenvalue weighted by Gasteiger charge is -2.44. The van der Waals surface area contributed by atoms with Gasteiger partial charge in [0.1, 0.15) is 5.60 Å². The molecule has 1 aliphatic rings. The number of ether oxygens (including phenoxy) is 5. The average molecular weight is 712 g/mol. The highest BCUT2D eigenvalue weighted by Gasteiger charge is 2.39. The summed E-state index contributed by atoms with van der Waals surface area (Å²) in [6.07, 6.45) is 1.99. The Morgan fingerprint density at radius 1 is 0.922 bits per heavy atom. The number of piperidine rings is 1. The van der Waals surface area contributed by atoms with Crippen molar-refractivity contribution in [3.05, 3.63) is 59.7 Å². The molecule has 1 heterocycles. The van der Waals surface area contributed by atoms with Crippen molar-refractivity contribution in [1.29, 1.82) is 0 Å². The Balaban J connectivity index is 1.83. The van der Waals surface area contributed by atoms with Gasteiger partial charge in [0, 0.05) is 63.8 Å². The number of amides is 3. The Labute approximate surface area is 305 Å². The van der Waals surface area contributed by atoms with Gasteiger partial charge in [0.2, 0.25) is 0 Å². The van der Waals surface area contributed by atoms with Crippen LogP contribution in [0.1, 0.15) is 83.7 Å². The lowest BCUT2D eigenvalue weighted by atomic mass is 9.92. The van der Waals surface area contributed by atoms with Crippen molar-refractivity contribution in [3.8, 4) is 11.5 Å². The topological polar surface area (TPSA) is 107 Å². The second kappa shape index (κ2) is 20.2. The molecule has 11 nitrogen and oxygen atoms in total. The average Bonchev–Trinajstić information content (AvgIpc) is 3.08. The van der Waals surface area contributed by atoms with E-state index in [1.807, 2.05) is 57.7 Å². The van der Waals surface area contributed by atoms with Crippen molar-refractivity contribution in [2.45, 2.75) is 91.8 Å². The summed E-state index contributed by atoms with van der Waals surface area (Å²) < 4.78 is 28.4. The molecule has 11 heteroatoms. The monoisotopic (exact) mass is 711 g/mol. The minimum absolute atomic E-state index is 0.111. The second-order valence-corrected chi connectivity index (χ2v) is 15.0. The van der Waals surface area contributed by atoms with Crippen LogP contribution in [0.25, 0.3) is 0 Å². The van der Waals surface area contributed by atoms with Gasteiger partial charge in [0.25, 0.3) is 5.91 Å². The van der Waals surface area contributed by atoms with Crippen molar-refractivity contribution < 1.29 is 38.1 Å². The third-order valence-corrected chi connectivity index (χ3v) is 8.70. The number of methoxy groups -OCH3 is 2. The number of nitrogens with zero attached hydrogens (tertiary/aromatic N) is 3. The predicted molar refractivity (Wildman–Crippen MR) is 199 cm³/mol. The number of hydrogen-bond donors (Lipinski definition) is 0. The number of carbonyl (C=O) groups is 3. The normalized spacial score (nSPS) is 16.2. The molecule has 0 radical (unpaired) electrons. The van der Waals surface area contributed by atoms with Crippen LogP contribution in [0.4, 0.5) is 9.59 Å². The number of carbonyl (C=O) groups excluding carboxylic acids is 3. The molecule has 1 saturated heterocycles. The van der Waals surface area contributed by atoms with E-state index in [9.17, 15) is 14.4 Å². The first-order valence-electron chi connectivity index (χ1n) is 18.3. The summed E-state index contributed by atoms with van der Waals surface area (Å²) in [7, 11) is 3.20. The summed E-state index contributed by atoms with van der Waals surface area (Å²) in [6.45, 7) is 16.5.